The Labute approximate surface area is 151 Å². The summed E-state index contributed by atoms with van der Waals surface area (Å²) in [6.07, 6.45) is -3.83. The number of fused-ring (bicyclic) bond motifs is 1. The number of nitrogens with zero attached hydrogens (tertiary/aromatic N) is 2. The number of rotatable bonds is 3. The van der Waals surface area contributed by atoms with E-state index < -0.39 is 17.8 Å². The maximum Gasteiger partial charge on any atom is 0.416 e. The van der Waals surface area contributed by atoms with Crippen molar-refractivity contribution in [1.29, 1.82) is 0 Å². The summed E-state index contributed by atoms with van der Waals surface area (Å²) in [5, 5.41) is 2.72. The molecule has 1 saturated heterocycles. The lowest BCUT2D eigenvalue weighted by molar-refractivity contribution is -0.137. The van der Waals surface area contributed by atoms with Crippen LogP contribution in [0.25, 0.3) is 0 Å². The Morgan fingerprint density at radius 1 is 1.19 bits per heavy atom. The van der Waals surface area contributed by atoms with Crippen molar-refractivity contribution in [3.63, 3.8) is 0 Å². The number of anilines is 1. The summed E-state index contributed by atoms with van der Waals surface area (Å²) in [4.78, 5) is 17.5. The van der Waals surface area contributed by atoms with Gasteiger partial charge in [-0.05, 0) is 18.2 Å². The molecular weight excluding hydrogens is 367 g/mol. The first kappa shape index (κ1) is 17.3. The van der Waals surface area contributed by atoms with Crippen LogP contribution < -0.4 is 19.5 Å². The summed E-state index contributed by atoms with van der Waals surface area (Å²) < 4.78 is 53.9. The average Bonchev–Trinajstić information content (AvgIpc) is 3.05. The Hall–Kier alpha value is -3.17. The van der Waals surface area contributed by atoms with Crippen LogP contribution >= 0.6 is 0 Å². The van der Waals surface area contributed by atoms with E-state index in [1.807, 2.05) is 0 Å². The maximum absolute atomic E-state index is 12.7. The molecular formula is C17H14F3N3O4. The molecule has 0 radical (unpaired) electrons. The SMILES string of the molecule is O=C(Nc1ccc2c(c1)OCO2)N1CC(Oc2cc(C(F)(F)F)ccn2)C1. The second-order valence-electron chi connectivity index (χ2n) is 6.02. The fourth-order valence-electron chi connectivity index (χ4n) is 2.68. The first-order chi connectivity index (χ1) is 12.9. The molecule has 142 valence electrons. The summed E-state index contributed by atoms with van der Waals surface area (Å²) in [6.45, 7) is 0.629. The summed E-state index contributed by atoms with van der Waals surface area (Å²) in [6, 6.07) is 6.41. The highest BCUT2D eigenvalue weighted by Gasteiger charge is 2.34. The molecule has 2 amide bonds. The van der Waals surface area contributed by atoms with Crippen LogP contribution in [0.4, 0.5) is 23.7 Å². The summed E-state index contributed by atoms with van der Waals surface area (Å²) in [5.41, 5.74) is -0.280. The number of halogens is 3. The van der Waals surface area contributed by atoms with Gasteiger partial charge in [-0.15, -0.1) is 0 Å². The zero-order chi connectivity index (χ0) is 19.0. The molecule has 2 aliphatic rings. The zero-order valence-corrected chi connectivity index (χ0v) is 13.8. The van der Waals surface area contributed by atoms with Crippen LogP contribution in [0.5, 0.6) is 17.4 Å². The fraction of sp³-hybridized carbons (Fsp3) is 0.294. The molecule has 1 fully saturated rings. The van der Waals surface area contributed by atoms with Gasteiger partial charge < -0.3 is 24.4 Å². The Morgan fingerprint density at radius 2 is 1.96 bits per heavy atom. The molecule has 1 aromatic carbocycles. The third-order valence-electron chi connectivity index (χ3n) is 4.11. The normalized spacial score (nSPS) is 16.0. The van der Waals surface area contributed by atoms with Crippen LogP contribution in [-0.2, 0) is 6.18 Å². The second-order valence-corrected chi connectivity index (χ2v) is 6.02. The van der Waals surface area contributed by atoms with Crippen LogP contribution in [0, 0.1) is 0 Å². The first-order valence-corrected chi connectivity index (χ1v) is 8.04. The Balaban J connectivity index is 1.30. The van der Waals surface area contributed by atoms with Gasteiger partial charge in [-0.2, -0.15) is 13.2 Å². The molecule has 0 bridgehead atoms. The predicted octanol–water partition coefficient (Wildman–Crippen LogP) is 3.12. The van der Waals surface area contributed by atoms with Crippen molar-refractivity contribution in [3.8, 4) is 17.4 Å². The number of hydrogen-bond acceptors (Lipinski definition) is 5. The van der Waals surface area contributed by atoms with Gasteiger partial charge in [-0.3, -0.25) is 0 Å². The fourth-order valence-corrected chi connectivity index (χ4v) is 2.68. The van der Waals surface area contributed by atoms with Crippen molar-refractivity contribution in [2.75, 3.05) is 25.2 Å². The lowest BCUT2D eigenvalue weighted by Gasteiger charge is -2.38. The van der Waals surface area contributed by atoms with Gasteiger partial charge in [-0.25, -0.2) is 9.78 Å². The van der Waals surface area contributed by atoms with Gasteiger partial charge >= 0.3 is 12.2 Å². The number of ether oxygens (including phenoxy) is 3. The average molecular weight is 381 g/mol. The minimum absolute atomic E-state index is 0.120. The van der Waals surface area contributed by atoms with E-state index in [1.54, 1.807) is 18.2 Å². The number of amides is 2. The third kappa shape index (κ3) is 3.69. The number of carbonyl (C=O) groups excluding carboxylic acids is 1. The quantitative estimate of drug-likeness (QED) is 0.885. The van der Waals surface area contributed by atoms with E-state index in [4.69, 9.17) is 14.2 Å². The number of carbonyl (C=O) groups is 1. The lowest BCUT2D eigenvalue weighted by atomic mass is 10.2. The number of benzene rings is 1. The molecule has 0 spiro atoms. The molecule has 0 aliphatic carbocycles. The van der Waals surface area contributed by atoms with Gasteiger partial charge in [0, 0.05) is 24.0 Å². The molecule has 27 heavy (non-hydrogen) atoms. The molecule has 4 rings (SSSR count). The monoisotopic (exact) mass is 381 g/mol. The molecule has 1 aromatic heterocycles. The molecule has 1 N–H and O–H groups in total. The second kappa shape index (κ2) is 6.53. The topological polar surface area (TPSA) is 72.9 Å². The number of urea groups is 1. The van der Waals surface area contributed by atoms with Crippen LogP contribution in [-0.4, -0.2) is 41.9 Å². The first-order valence-electron chi connectivity index (χ1n) is 8.04. The molecule has 0 saturated carbocycles. The van der Waals surface area contributed by atoms with E-state index in [1.165, 1.54) is 4.90 Å². The van der Waals surface area contributed by atoms with Gasteiger partial charge in [0.25, 0.3) is 0 Å². The molecule has 2 aliphatic heterocycles. The van der Waals surface area contributed by atoms with Crippen molar-refractivity contribution < 1.29 is 32.2 Å². The largest absolute Gasteiger partial charge is 0.471 e. The summed E-state index contributed by atoms with van der Waals surface area (Å²) >= 11 is 0. The predicted molar refractivity (Wildman–Crippen MR) is 86.8 cm³/mol. The molecule has 7 nitrogen and oxygen atoms in total. The van der Waals surface area contributed by atoms with E-state index in [9.17, 15) is 18.0 Å². The van der Waals surface area contributed by atoms with Crippen molar-refractivity contribution in [3.05, 3.63) is 42.1 Å². The smallest absolute Gasteiger partial charge is 0.416 e. The maximum atomic E-state index is 12.7. The zero-order valence-electron chi connectivity index (χ0n) is 13.8. The highest BCUT2D eigenvalue weighted by Crippen LogP contribution is 2.34. The van der Waals surface area contributed by atoms with Crippen LogP contribution in [0.3, 0.4) is 0 Å². The van der Waals surface area contributed by atoms with Crippen molar-refractivity contribution in [2.24, 2.45) is 0 Å². The van der Waals surface area contributed by atoms with E-state index in [0.717, 1.165) is 18.3 Å². The van der Waals surface area contributed by atoms with Crippen LogP contribution in [0.2, 0.25) is 0 Å². The van der Waals surface area contributed by atoms with Gasteiger partial charge in [0.1, 0.15) is 6.10 Å². The Kier molecular flexibility index (Phi) is 4.17. The minimum Gasteiger partial charge on any atom is -0.471 e. The van der Waals surface area contributed by atoms with Gasteiger partial charge in [0.05, 0.1) is 18.7 Å². The molecule has 10 heteroatoms. The van der Waals surface area contributed by atoms with Gasteiger partial charge in [0.2, 0.25) is 12.7 Å². The highest BCUT2D eigenvalue weighted by atomic mass is 19.4. The van der Waals surface area contributed by atoms with E-state index in [-0.39, 0.29) is 31.8 Å². The van der Waals surface area contributed by atoms with E-state index in [2.05, 4.69) is 10.3 Å². The highest BCUT2D eigenvalue weighted by molar-refractivity contribution is 5.90. The van der Waals surface area contributed by atoms with Crippen LogP contribution in [0.15, 0.2) is 36.5 Å². The minimum atomic E-state index is -4.46. The standard InChI is InChI=1S/C17H14F3N3O4/c18-17(19,20)10-3-4-21-15(5-10)27-12-7-23(8-12)16(24)22-11-1-2-13-14(6-11)26-9-25-13/h1-6,12H,7-9H2,(H,22,24). The molecule has 0 atom stereocenters. The lowest BCUT2D eigenvalue weighted by Crippen LogP contribution is -2.57. The third-order valence-corrected chi connectivity index (χ3v) is 4.11. The number of nitrogens with one attached hydrogen (secondary N) is 1. The van der Waals surface area contributed by atoms with Gasteiger partial charge in [0.15, 0.2) is 11.5 Å². The molecule has 2 aromatic rings. The number of pyridine rings is 1. The number of alkyl halides is 3. The van der Waals surface area contributed by atoms with Crippen LogP contribution in [0.1, 0.15) is 5.56 Å². The van der Waals surface area contributed by atoms with E-state index >= 15 is 0 Å². The number of aromatic nitrogens is 1. The van der Waals surface area contributed by atoms with Crippen molar-refractivity contribution >= 4 is 11.7 Å². The Bertz CT molecular complexity index is 869. The number of hydrogen-bond donors (Lipinski definition) is 1. The summed E-state index contributed by atoms with van der Waals surface area (Å²) in [7, 11) is 0. The number of likely N-dealkylation sites (tertiary alicyclic amines) is 1. The molecule has 0 unspecified atom stereocenters. The van der Waals surface area contributed by atoms with E-state index in [0.29, 0.717) is 17.2 Å². The Morgan fingerprint density at radius 3 is 2.74 bits per heavy atom. The van der Waals surface area contributed by atoms with Crippen molar-refractivity contribution in [1.82, 2.24) is 9.88 Å². The molecule has 3 heterocycles. The van der Waals surface area contributed by atoms with Gasteiger partial charge in [-0.1, -0.05) is 0 Å². The summed E-state index contributed by atoms with van der Waals surface area (Å²) in [5.74, 6) is 1.04. The van der Waals surface area contributed by atoms with Crippen molar-refractivity contribution in [2.45, 2.75) is 12.3 Å².